The largest absolute Gasteiger partial charge is 0.192 e. The average Bonchev–Trinajstić information content (AvgIpc) is 2.64. The first-order chi connectivity index (χ1) is 12.2. The molecule has 0 unspecified atom stereocenters. The van der Waals surface area contributed by atoms with Gasteiger partial charge in [0.25, 0.3) is 0 Å². The Morgan fingerprint density at radius 1 is 0.840 bits per heavy atom. The highest BCUT2D eigenvalue weighted by Crippen LogP contribution is 2.19. The van der Waals surface area contributed by atoms with Crippen LogP contribution in [0.5, 0.6) is 0 Å². The van der Waals surface area contributed by atoms with E-state index in [2.05, 4.69) is 6.92 Å². The molecule has 0 aliphatic carbocycles. The van der Waals surface area contributed by atoms with E-state index in [1.807, 2.05) is 30.5 Å². The Morgan fingerprint density at radius 3 is 1.84 bits per heavy atom. The summed E-state index contributed by atoms with van der Waals surface area (Å²) in [5.41, 5.74) is 0.0903. The third-order valence-electron chi connectivity index (χ3n) is 3.54. The molecule has 25 heavy (non-hydrogen) atoms. The molecule has 0 heterocycles. The quantitative estimate of drug-likeness (QED) is 0.541. The number of unbranched alkanes of at least 4 members (excludes halogenated alkanes) is 3. The number of nitriles is 4. The summed E-state index contributed by atoms with van der Waals surface area (Å²) in [6.07, 6.45) is 6.35. The molecule has 1 rings (SSSR count). The fourth-order valence-electron chi connectivity index (χ4n) is 2.24. The van der Waals surface area contributed by atoms with Gasteiger partial charge in [0, 0.05) is 20.2 Å². The van der Waals surface area contributed by atoms with Gasteiger partial charge >= 0.3 is 0 Å². The third kappa shape index (κ3) is 5.58. The molecule has 0 aliphatic rings. The molecule has 0 saturated carbocycles. The Labute approximate surface area is 157 Å². The van der Waals surface area contributed by atoms with Gasteiger partial charge < -0.3 is 0 Å². The van der Waals surface area contributed by atoms with Crippen molar-refractivity contribution in [2.75, 3.05) is 12.0 Å². The van der Waals surface area contributed by atoms with Crippen LogP contribution < -0.4 is 10.4 Å². The molecule has 0 bridgehead atoms. The molecule has 6 heteroatoms. The van der Waals surface area contributed by atoms with Crippen molar-refractivity contribution in [2.45, 2.75) is 42.4 Å². The van der Waals surface area contributed by atoms with E-state index in [1.54, 1.807) is 23.9 Å². The summed E-state index contributed by atoms with van der Waals surface area (Å²) in [5, 5.41) is 38.0. The van der Waals surface area contributed by atoms with Crippen LogP contribution in [0.2, 0.25) is 0 Å². The van der Waals surface area contributed by atoms with Gasteiger partial charge in [-0.1, -0.05) is 26.2 Å². The van der Waals surface area contributed by atoms with Crippen LogP contribution in [0.25, 0.3) is 11.1 Å². The van der Waals surface area contributed by atoms with Crippen LogP contribution in [-0.4, -0.2) is 12.0 Å². The van der Waals surface area contributed by atoms with Crippen molar-refractivity contribution in [3.05, 3.63) is 22.6 Å². The molecular weight excluding hydrogens is 348 g/mol. The van der Waals surface area contributed by atoms with Crippen LogP contribution >= 0.6 is 23.5 Å². The van der Waals surface area contributed by atoms with E-state index in [0.717, 1.165) is 29.9 Å². The van der Waals surface area contributed by atoms with Crippen LogP contribution in [-0.2, 0) is 0 Å². The predicted octanol–water partition coefficient (Wildman–Crippen LogP) is 3.48. The van der Waals surface area contributed by atoms with Crippen molar-refractivity contribution < 1.29 is 0 Å². The number of benzene rings is 1. The van der Waals surface area contributed by atoms with Crippen molar-refractivity contribution in [3.8, 4) is 24.3 Å². The molecule has 0 spiro atoms. The van der Waals surface area contributed by atoms with Gasteiger partial charge in [0.15, 0.2) is 0 Å². The smallest absolute Gasteiger partial charge is 0.138 e. The summed E-state index contributed by atoms with van der Waals surface area (Å²) >= 11 is 2.95. The van der Waals surface area contributed by atoms with Crippen molar-refractivity contribution in [3.63, 3.8) is 0 Å². The fourth-order valence-corrected chi connectivity index (χ4v) is 3.94. The predicted molar refractivity (Wildman–Crippen MR) is 102 cm³/mol. The van der Waals surface area contributed by atoms with Crippen molar-refractivity contribution in [1.82, 2.24) is 0 Å². The molecule has 0 radical (unpaired) electrons. The van der Waals surface area contributed by atoms with E-state index >= 15 is 0 Å². The van der Waals surface area contributed by atoms with Gasteiger partial charge in [-0.05, 0) is 30.6 Å². The number of rotatable bonds is 7. The molecule has 0 atom stereocenters. The summed E-state index contributed by atoms with van der Waals surface area (Å²) in [7, 11) is 0. The van der Waals surface area contributed by atoms with Gasteiger partial charge in [0.05, 0.1) is 0 Å². The van der Waals surface area contributed by atoms with Crippen molar-refractivity contribution in [2.24, 2.45) is 0 Å². The molecule has 0 aliphatic heterocycles. The monoisotopic (exact) mass is 366 g/mol. The van der Waals surface area contributed by atoms with Crippen LogP contribution in [0, 0.1) is 45.3 Å². The van der Waals surface area contributed by atoms with Gasteiger partial charge in [0.2, 0.25) is 0 Å². The Morgan fingerprint density at radius 2 is 1.36 bits per heavy atom. The highest BCUT2D eigenvalue weighted by atomic mass is 32.2. The van der Waals surface area contributed by atoms with E-state index < -0.39 is 0 Å². The van der Waals surface area contributed by atoms with Crippen LogP contribution in [0.1, 0.15) is 32.6 Å². The number of hydrogen-bond donors (Lipinski definition) is 0. The fraction of sp³-hybridized carbons (Fsp3) is 0.368. The molecule has 4 nitrogen and oxygen atoms in total. The van der Waals surface area contributed by atoms with Gasteiger partial charge in [-0.15, -0.1) is 23.5 Å². The second-order valence-electron chi connectivity index (χ2n) is 5.15. The Bertz CT molecular complexity index is 873. The molecule has 126 valence electrons. The summed E-state index contributed by atoms with van der Waals surface area (Å²) < 4.78 is 0. The molecule has 0 saturated heterocycles. The maximum atomic E-state index is 9.24. The molecule has 0 amide bonds. The average molecular weight is 367 g/mol. The SMILES string of the molecule is CCCCCCSc1cc(=C(C#N)C#N)c(SC)cc1=C(C#N)C#N. The molecule has 0 fully saturated rings. The second-order valence-corrected chi connectivity index (χ2v) is 7.14. The lowest BCUT2D eigenvalue weighted by Gasteiger charge is -2.07. The minimum atomic E-state index is 0.0409. The zero-order chi connectivity index (χ0) is 18.7. The minimum absolute atomic E-state index is 0.0409. The van der Waals surface area contributed by atoms with Gasteiger partial charge in [-0.25, -0.2) is 0 Å². The highest BCUT2D eigenvalue weighted by molar-refractivity contribution is 7.99. The summed E-state index contributed by atoms with van der Waals surface area (Å²) in [5.74, 6) is 0.865. The normalized spacial score (nSPS) is 9.36. The van der Waals surface area contributed by atoms with E-state index in [9.17, 15) is 21.0 Å². The lowest BCUT2D eigenvalue weighted by molar-refractivity contribution is 0.706. The first kappa shape index (κ1) is 20.7. The van der Waals surface area contributed by atoms with Gasteiger partial charge in [-0.2, -0.15) is 21.0 Å². The Kier molecular flexibility index (Phi) is 9.28. The summed E-state index contributed by atoms with van der Waals surface area (Å²) in [4.78, 5) is 1.48. The number of nitrogens with zero attached hydrogens (tertiary/aromatic N) is 4. The minimum Gasteiger partial charge on any atom is -0.192 e. The second kappa shape index (κ2) is 11.2. The first-order valence-corrected chi connectivity index (χ1v) is 10.1. The van der Waals surface area contributed by atoms with E-state index in [-0.39, 0.29) is 11.1 Å². The topological polar surface area (TPSA) is 95.2 Å². The first-order valence-electron chi connectivity index (χ1n) is 7.86. The van der Waals surface area contributed by atoms with E-state index in [0.29, 0.717) is 15.3 Å². The van der Waals surface area contributed by atoms with Crippen molar-refractivity contribution >= 4 is 34.7 Å². The van der Waals surface area contributed by atoms with Gasteiger partial charge in [0.1, 0.15) is 35.4 Å². The van der Waals surface area contributed by atoms with E-state index in [1.165, 1.54) is 18.2 Å². The number of hydrogen-bond acceptors (Lipinski definition) is 6. The lowest BCUT2D eigenvalue weighted by atomic mass is 10.1. The van der Waals surface area contributed by atoms with Crippen molar-refractivity contribution in [1.29, 1.82) is 21.0 Å². The van der Waals surface area contributed by atoms with Crippen LogP contribution in [0.3, 0.4) is 0 Å². The Balaban J connectivity index is 3.55. The zero-order valence-corrected chi connectivity index (χ0v) is 15.9. The zero-order valence-electron chi connectivity index (χ0n) is 14.3. The summed E-state index contributed by atoms with van der Waals surface area (Å²) in [6.45, 7) is 2.15. The molecule has 0 N–H and O–H groups in total. The molecule has 1 aromatic rings. The molecule has 1 aromatic carbocycles. The third-order valence-corrected chi connectivity index (χ3v) is 5.46. The lowest BCUT2D eigenvalue weighted by Crippen LogP contribution is -2.18. The highest BCUT2D eigenvalue weighted by Gasteiger charge is 2.09. The molecular formula is C19H18N4S2. The number of thioether (sulfide) groups is 2. The van der Waals surface area contributed by atoms with Crippen LogP contribution in [0.15, 0.2) is 21.9 Å². The Hall–Kier alpha value is -2.38. The standard InChI is InChI=1S/C19H18N4S2/c1-3-4-5-6-7-25-19-9-16(14(10-20)11-21)18(24-2)8-17(19)15(12-22)13-23/h8-9H,3-7H2,1-2H3. The summed E-state index contributed by atoms with van der Waals surface area (Å²) in [6, 6.07) is 11.2. The van der Waals surface area contributed by atoms with Crippen LogP contribution in [0.4, 0.5) is 0 Å². The maximum Gasteiger partial charge on any atom is 0.138 e. The van der Waals surface area contributed by atoms with Gasteiger partial charge in [-0.3, -0.25) is 0 Å². The maximum absolute atomic E-state index is 9.24. The molecule has 0 aromatic heterocycles. The van der Waals surface area contributed by atoms with E-state index in [4.69, 9.17) is 0 Å².